The second-order valence-corrected chi connectivity index (χ2v) is 5.24. The minimum Gasteiger partial charge on any atom is -0.321 e. The molecule has 0 saturated heterocycles. The van der Waals surface area contributed by atoms with Crippen LogP contribution in [-0.4, -0.2) is 33.8 Å². The van der Waals surface area contributed by atoms with Crippen molar-refractivity contribution in [3.63, 3.8) is 0 Å². The van der Waals surface area contributed by atoms with Crippen molar-refractivity contribution in [1.29, 1.82) is 0 Å². The lowest BCUT2D eigenvalue weighted by atomic mass is 10.3. The van der Waals surface area contributed by atoms with Gasteiger partial charge in [0.25, 0.3) is 0 Å². The molecule has 1 aliphatic carbocycles. The quantitative estimate of drug-likeness (QED) is 0.801. The van der Waals surface area contributed by atoms with Crippen LogP contribution in [-0.2, 0) is 6.54 Å². The summed E-state index contributed by atoms with van der Waals surface area (Å²) in [7, 11) is 0. The zero-order valence-electron chi connectivity index (χ0n) is 11.7. The van der Waals surface area contributed by atoms with Gasteiger partial charge in [-0.3, -0.25) is 5.32 Å². The molecule has 5 heteroatoms. The largest absolute Gasteiger partial charge is 0.323 e. The van der Waals surface area contributed by atoms with E-state index in [-0.39, 0.29) is 6.03 Å². The zero-order chi connectivity index (χ0) is 13.8. The summed E-state index contributed by atoms with van der Waals surface area (Å²) in [5.41, 5.74) is 0.975. The molecule has 0 unspecified atom stereocenters. The van der Waals surface area contributed by atoms with Crippen molar-refractivity contribution in [3.05, 3.63) is 24.4 Å². The van der Waals surface area contributed by atoms with Crippen LogP contribution in [0.25, 0.3) is 0 Å². The Balaban J connectivity index is 1.96. The third-order valence-corrected chi connectivity index (χ3v) is 3.21. The summed E-state index contributed by atoms with van der Waals surface area (Å²) in [5, 5.41) is 7.19. The van der Waals surface area contributed by atoms with Gasteiger partial charge in [0.1, 0.15) is 5.82 Å². The molecule has 1 N–H and O–H groups in total. The fraction of sp³-hybridized carbons (Fsp3) is 0.571. The summed E-state index contributed by atoms with van der Waals surface area (Å²) >= 11 is 0. The Hall–Kier alpha value is -1.78. The molecule has 0 bridgehead atoms. The number of nitrogens with one attached hydrogen (secondary N) is 1. The normalized spacial score (nSPS) is 14.2. The van der Waals surface area contributed by atoms with Gasteiger partial charge in [-0.2, -0.15) is 5.10 Å². The van der Waals surface area contributed by atoms with Crippen molar-refractivity contribution in [2.24, 2.45) is 5.92 Å². The number of amides is 2. The van der Waals surface area contributed by atoms with E-state index < -0.39 is 0 Å². The van der Waals surface area contributed by atoms with Crippen LogP contribution in [0.4, 0.5) is 10.6 Å². The molecule has 0 spiro atoms. The molecule has 0 atom stereocenters. The van der Waals surface area contributed by atoms with Crippen LogP contribution < -0.4 is 5.32 Å². The lowest BCUT2D eigenvalue weighted by molar-refractivity contribution is 0.218. The molecule has 1 aliphatic rings. The Morgan fingerprint density at radius 3 is 2.95 bits per heavy atom. The Labute approximate surface area is 114 Å². The number of likely N-dealkylation sites (N-methyl/N-ethyl adjacent to an activating group) is 1. The van der Waals surface area contributed by atoms with E-state index in [0.29, 0.717) is 13.1 Å². The first-order chi connectivity index (χ1) is 9.10. The first-order valence-corrected chi connectivity index (χ1v) is 6.82. The maximum atomic E-state index is 12.2. The third-order valence-electron chi connectivity index (χ3n) is 3.21. The van der Waals surface area contributed by atoms with Gasteiger partial charge in [0, 0.05) is 25.7 Å². The standard InChI is InChI=1S/C14H22N4O/c1-4-17(9-11(2)3)14(19)16-13-7-8-15-18(13)10-12-5-6-12/h7-8,12H,2,4-6,9-10H2,1,3H3,(H,16,19). The van der Waals surface area contributed by atoms with Crippen molar-refractivity contribution in [1.82, 2.24) is 14.7 Å². The molecular formula is C14H22N4O. The molecule has 1 fully saturated rings. The third kappa shape index (κ3) is 3.84. The van der Waals surface area contributed by atoms with Gasteiger partial charge in [-0.05, 0) is 32.6 Å². The number of carbonyl (C=O) groups is 1. The summed E-state index contributed by atoms with van der Waals surface area (Å²) in [6.07, 6.45) is 4.26. The minimum absolute atomic E-state index is 0.0944. The smallest absolute Gasteiger partial charge is 0.321 e. The zero-order valence-corrected chi connectivity index (χ0v) is 11.7. The molecule has 0 aromatic carbocycles. The predicted octanol–water partition coefficient (Wildman–Crippen LogP) is 2.72. The first-order valence-electron chi connectivity index (χ1n) is 6.82. The van der Waals surface area contributed by atoms with E-state index in [1.165, 1.54) is 12.8 Å². The molecule has 1 saturated carbocycles. The molecule has 1 heterocycles. The molecular weight excluding hydrogens is 240 g/mol. The monoisotopic (exact) mass is 262 g/mol. The van der Waals surface area contributed by atoms with Crippen molar-refractivity contribution in [2.75, 3.05) is 18.4 Å². The Morgan fingerprint density at radius 2 is 2.37 bits per heavy atom. The second kappa shape index (κ2) is 5.91. The Bertz CT molecular complexity index is 462. The van der Waals surface area contributed by atoms with Crippen LogP contribution in [0.15, 0.2) is 24.4 Å². The van der Waals surface area contributed by atoms with Gasteiger partial charge in [0.2, 0.25) is 0 Å². The van der Waals surface area contributed by atoms with Gasteiger partial charge in [-0.25, -0.2) is 9.48 Å². The van der Waals surface area contributed by atoms with Crippen LogP contribution in [0.3, 0.4) is 0 Å². The highest BCUT2D eigenvalue weighted by Gasteiger charge is 2.23. The Morgan fingerprint density at radius 1 is 1.63 bits per heavy atom. The van der Waals surface area contributed by atoms with E-state index in [4.69, 9.17) is 0 Å². The number of rotatable bonds is 6. The highest BCUT2D eigenvalue weighted by atomic mass is 16.2. The van der Waals surface area contributed by atoms with Crippen LogP contribution in [0.2, 0.25) is 0 Å². The highest BCUT2D eigenvalue weighted by molar-refractivity contribution is 5.88. The van der Waals surface area contributed by atoms with Gasteiger partial charge in [0.05, 0.1) is 6.20 Å². The SMILES string of the molecule is C=C(C)CN(CC)C(=O)Nc1ccnn1CC1CC1. The lowest BCUT2D eigenvalue weighted by Crippen LogP contribution is -2.36. The molecule has 1 aromatic heterocycles. The topological polar surface area (TPSA) is 50.2 Å². The molecule has 1 aromatic rings. The summed E-state index contributed by atoms with van der Waals surface area (Å²) in [5.74, 6) is 1.50. The minimum atomic E-state index is -0.0944. The number of hydrogen-bond acceptors (Lipinski definition) is 2. The number of hydrogen-bond donors (Lipinski definition) is 1. The lowest BCUT2D eigenvalue weighted by Gasteiger charge is -2.21. The fourth-order valence-electron chi connectivity index (χ4n) is 1.97. The molecule has 0 radical (unpaired) electrons. The van der Waals surface area contributed by atoms with Gasteiger partial charge in [0.15, 0.2) is 0 Å². The number of nitrogens with zero attached hydrogens (tertiary/aromatic N) is 3. The number of carbonyl (C=O) groups excluding carboxylic acids is 1. The van der Waals surface area contributed by atoms with Crippen LogP contribution in [0, 0.1) is 5.92 Å². The fourth-order valence-corrected chi connectivity index (χ4v) is 1.97. The second-order valence-electron chi connectivity index (χ2n) is 5.24. The maximum Gasteiger partial charge on any atom is 0.323 e. The van der Waals surface area contributed by atoms with Gasteiger partial charge in [-0.1, -0.05) is 12.2 Å². The first kappa shape index (κ1) is 13.6. The van der Waals surface area contributed by atoms with E-state index in [1.807, 2.05) is 24.6 Å². The molecule has 19 heavy (non-hydrogen) atoms. The molecule has 0 aliphatic heterocycles. The average molecular weight is 262 g/mol. The van der Waals surface area contributed by atoms with E-state index in [2.05, 4.69) is 17.0 Å². The molecule has 2 amide bonds. The number of urea groups is 1. The van der Waals surface area contributed by atoms with Gasteiger partial charge in [-0.15, -0.1) is 0 Å². The number of anilines is 1. The van der Waals surface area contributed by atoms with Crippen molar-refractivity contribution >= 4 is 11.8 Å². The van der Waals surface area contributed by atoms with Gasteiger partial charge < -0.3 is 4.90 Å². The predicted molar refractivity (Wildman–Crippen MR) is 76.0 cm³/mol. The number of aromatic nitrogens is 2. The van der Waals surface area contributed by atoms with E-state index in [0.717, 1.165) is 23.9 Å². The summed E-state index contributed by atoms with van der Waals surface area (Å²) in [6.45, 7) is 9.88. The van der Waals surface area contributed by atoms with Gasteiger partial charge >= 0.3 is 6.03 Å². The summed E-state index contributed by atoms with van der Waals surface area (Å²) < 4.78 is 1.88. The molecule has 2 rings (SSSR count). The van der Waals surface area contributed by atoms with Crippen molar-refractivity contribution in [3.8, 4) is 0 Å². The highest BCUT2D eigenvalue weighted by Crippen LogP contribution is 2.31. The van der Waals surface area contributed by atoms with Crippen LogP contribution in [0.5, 0.6) is 0 Å². The van der Waals surface area contributed by atoms with Crippen LogP contribution in [0.1, 0.15) is 26.7 Å². The van der Waals surface area contributed by atoms with E-state index in [9.17, 15) is 4.79 Å². The summed E-state index contributed by atoms with van der Waals surface area (Å²) in [6, 6.07) is 1.75. The van der Waals surface area contributed by atoms with Crippen LogP contribution >= 0.6 is 0 Å². The van der Waals surface area contributed by atoms with E-state index in [1.54, 1.807) is 11.1 Å². The molecule has 5 nitrogen and oxygen atoms in total. The average Bonchev–Trinajstić information content (AvgIpc) is 3.07. The Kier molecular flexibility index (Phi) is 4.24. The van der Waals surface area contributed by atoms with E-state index >= 15 is 0 Å². The van der Waals surface area contributed by atoms with Crippen molar-refractivity contribution in [2.45, 2.75) is 33.2 Å². The van der Waals surface area contributed by atoms with Crippen molar-refractivity contribution < 1.29 is 4.79 Å². The maximum absolute atomic E-state index is 12.2. The summed E-state index contributed by atoms with van der Waals surface area (Å²) in [4.78, 5) is 13.9. The molecule has 104 valence electrons.